The van der Waals surface area contributed by atoms with Crippen molar-refractivity contribution >= 4 is 11.9 Å². The molecule has 1 amide bonds. The Morgan fingerprint density at radius 1 is 1.32 bits per heavy atom. The number of allylic oxidation sites excluding steroid dienone is 2. The zero-order chi connectivity index (χ0) is 18.0. The van der Waals surface area contributed by atoms with Gasteiger partial charge in [-0.1, -0.05) is 55.4 Å². The van der Waals surface area contributed by atoms with E-state index in [1.165, 1.54) is 48.2 Å². The van der Waals surface area contributed by atoms with Crippen molar-refractivity contribution in [3.8, 4) is 0 Å². The number of likely N-dealkylation sites (N-methyl/N-ethyl adjacent to an activating group) is 1. The zero-order valence-electron chi connectivity index (χ0n) is 15.7. The molecule has 2 fully saturated rings. The van der Waals surface area contributed by atoms with E-state index in [4.69, 9.17) is 10.1 Å². The highest BCUT2D eigenvalue weighted by Crippen LogP contribution is 2.34. The third-order valence-electron chi connectivity index (χ3n) is 5.76. The highest BCUT2D eigenvalue weighted by Gasteiger charge is 2.49. The molecule has 0 bridgehead atoms. The second kappa shape index (κ2) is 7.32. The Morgan fingerprint density at radius 2 is 2.04 bits per heavy atom. The smallest absolute Gasteiger partial charge is 0.257 e. The Morgan fingerprint density at radius 3 is 2.64 bits per heavy atom. The van der Waals surface area contributed by atoms with Crippen molar-refractivity contribution in [3.63, 3.8) is 0 Å². The van der Waals surface area contributed by atoms with Crippen LogP contribution in [0.3, 0.4) is 0 Å². The summed E-state index contributed by atoms with van der Waals surface area (Å²) in [5, 5.41) is 11.2. The molecule has 2 N–H and O–H groups in total. The van der Waals surface area contributed by atoms with Gasteiger partial charge in [0, 0.05) is 7.05 Å². The molecule has 2 atom stereocenters. The van der Waals surface area contributed by atoms with E-state index in [1.807, 2.05) is 0 Å². The van der Waals surface area contributed by atoms with Crippen molar-refractivity contribution < 1.29 is 9.53 Å². The number of nitrogens with zero attached hydrogens (tertiary/aromatic N) is 1. The van der Waals surface area contributed by atoms with Crippen molar-refractivity contribution in [1.29, 1.82) is 5.41 Å². The first-order valence-electron chi connectivity index (χ1n) is 9.52. The third kappa shape index (κ3) is 3.97. The number of rotatable bonds is 5. The van der Waals surface area contributed by atoms with E-state index in [2.05, 4.69) is 31.3 Å². The summed E-state index contributed by atoms with van der Waals surface area (Å²) in [5.74, 6) is 0.709. The van der Waals surface area contributed by atoms with Crippen molar-refractivity contribution in [2.75, 3.05) is 13.7 Å². The van der Waals surface area contributed by atoms with Gasteiger partial charge in [-0.25, -0.2) is 0 Å². The normalized spacial score (nSPS) is 31.0. The van der Waals surface area contributed by atoms with Crippen molar-refractivity contribution in [2.24, 2.45) is 5.92 Å². The lowest BCUT2D eigenvalue weighted by molar-refractivity contribution is -0.134. The van der Waals surface area contributed by atoms with Gasteiger partial charge in [-0.15, -0.1) is 0 Å². The number of carbonyl (C=O) groups is 1. The van der Waals surface area contributed by atoms with E-state index in [0.717, 1.165) is 12.8 Å². The molecule has 1 saturated heterocycles. The molecule has 0 spiro atoms. The molecule has 5 heteroatoms. The molecular formula is C20H31N3O2. The second-order valence-electron chi connectivity index (χ2n) is 8.08. The number of carbonyl (C=O) groups excluding carboxylic acids is 1. The number of hydrogen-bond donors (Lipinski definition) is 2. The molecule has 3 aliphatic rings. The molecule has 5 nitrogen and oxygen atoms in total. The maximum Gasteiger partial charge on any atom is 0.257 e. The molecule has 0 aromatic heterocycles. The van der Waals surface area contributed by atoms with Crippen LogP contribution in [0.15, 0.2) is 23.3 Å². The summed E-state index contributed by atoms with van der Waals surface area (Å²) in [6.07, 6.45) is 12.1. The van der Waals surface area contributed by atoms with Crippen LogP contribution in [0.5, 0.6) is 0 Å². The van der Waals surface area contributed by atoms with Crippen LogP contribution in [0.25, 0.3) is 0 Å². The SMILES string of the molecule is CC1=CC(OCC2(CC3CCCCC3)NC(=N)N(C)C2=O)CC(C)=C1. The highest BCUT2D eigenvalue weighted by molar-refractivity contribution is 6.07. The minimum atomic E-state index is -0.773. The lowest BCUT2D eigenvalue weighted by atomic mass is 9.79. The van der Waals surface area contributed by atoms with Crippen LogP contribution in [0.2, 0.25) is 0 Å². The monoisotopic (exact) mass is 345 g/mol. The average molecular weight is 345 g/mol. The van der Waals surface area contributed by atoms with Crippen LogP contribution in [-0.4, -0.2) is 42.1 Å². The van der Waals surface area contributed by atoms with Crippen LogP contribution < -0.4 is 5.32 Å². The van der Waals surface area contributed by atoms with Gasteiger partial charge >= 0.3 is 0 Å². The highest BCUT2D eigenvalue weighted by atomic mass is 16.5. The first kappa shape index (κ1) is 18.2. The summed E-state index contributed by atoms with van der Waals surface area (Å²) in [7, 11) is 1.68. The number of hydrogen-bond acceptors (Lipinski definition) is 3. The Kier molecular flexibility index (Phi) is 5.32. The Hall–Kier alpha value is -1.62. The van der Waals surface area contributed by atoms with E-state index in [1.54, 1.807) is 7.05 Å². The average Bonchev–Trinajstić information content (AvgIpc) is 2.78. The fourth-order valence-electron chi connectivity index (χ4n) is 4.49. The maximum atomic E-state index is 12.9. The molecule has 1 heterocycles. The lowest BCUT2D eigenvalue weighted by Crippen LogP contribution is -2.53. The summed E-state index contributed by atoms with van der Waals surface area (Å²) in [4.78, 5) is 14.4. The van der Waals surface area contributed by atoms with Crippen LogP contribution in [0, 0.1) is 11.3 Å². The van der Waals surface area contributed by atoms with E-state index in [0.29, 0.717) is 12.5 Å². The van der Waals surface area contributed by atoms with Crippen molar-refractivity contribution in [1.82, 2.24) is 10.2 Å². The van der Waals surface area contributed by atoms with E-state index >= 15 is 0 Å². The van der Waals surface area contributed by atoms with Crippen molar-refractivity contribution in [2.45, 2.75) is 70.4 Å². The lowest BCUT2D eigenvalue weighted by Gasteiger charge is -2.34. The number of amides is 1. The van der Waals surface area contributed by atoms with Gasteiger partial charge in [0.25, 0.3) is 5.91 Å². The molecule has 1 aliphatic heterocycles. The molecule has 1 saturated carbocycles. The molecule has 0 aromatic carbocycles. The standard InChI is InChI=1S/C20H31N3O2/c1-14-9-15(2)11-17(10-14)25-13-20(12-16-7-5-4-6-8-16)18(24)23(3)19(21)22-20/h9-10,16-17H,4-8,11-13H2,1-3H3,(H2,21,22). The van der Waals surface area contributed by atoms with Crippen molar-refractivity contribution in [3.05, 3.63) is 23.3 Å². The molecule has 0 radical (unpaired) electrons. The van der Waals surface area contributed by atoms with Gasteiger partial charge in [-0.2, -0.15) is 0 Å². The predicted molar refractivity (Wildman–Crippen MR) is 99.4 cm³/mol. The molecular weight excluding hydrogens is 314 g/mol. The topological polar surface area (TPSA) is 65.4 Å². The van der Waals surface area contributed by atoms with Gasteiger partial charge in [-0.3, -0.25) is 15.1 Å². The summed E-state index contributed by atoms with van der Waals surface area (Å²) >= 11 is 0. The second-order valence-corrected chi connectivity index (χ2v) is 8.08. The molecule has 2 aliphatic carbocycles. The number of guanidine groups is 1. The van der Waals surface area contributed by atoms with Gasteiger partial charge in [-0.05, 0) is 32.6 Å². The quantitative estimate of drug-likeness (QED) is 0.803. The molecule has 2 unspecified atom stereocenters. The number of ether oxygens (including phenoxy) is 1. The summed E-state index contributed by atoms with van der Waals surface area (Å²) < 4.78 is 6.20. The minimum Gasteiger partial charge on any atom is -0.371 e. The molecule has 3 rings (SSSR count). The van der Waals surface area contributed by atoms with Gasteiger partial charge in [0.2, 0.25) is 0 Å². The van der Waals surface area contributed by atoms with Crippen LogP contribution in [0.1, 0.15) is 58.8 Å². The van der Waals surface area contributed by atoms with Gasteiger partial charge in [0.1, 0.15) is 5.54 Å². The zero-order valence-corrected chi connectivity index (χ0v) is 15.7. The summed E-state index contributed by atoms with van der Waals surface area (Å²) in [6.45, 7) is 4.53. The van der Waals surface area contributed by atoms with Crippen LogP contribution >= 0.6 is 0 Å². The minimum absolute atomic E-state index is 0.0166. The van der Waals surface area contributed by atoms with Crippen LogP contribution in [0.4, 0.5) is 0 Å². The fraction of sp³-hybridized carbons (Fsp3) is 0.700. The number of nitrogens with one attached hydrogen (secondary N) is 2. The maximum absolute atomic E-state index is 12.9. The predicted octanol–water partition coefficient (Wildman–Crippen LogP) is 3.37. The van der Waals surface area contributed by atoms with Crippen LogP contribution in [-0.2, 0) is 9.53 Å². The van der Waals surface area contributed by atoms with E-state index in [9.17, 15) is 4.79 Å². The fourth-order valence-corrected chi connectivity index (χ4v) is 4.49. The Labute approximate surface area is 151 Å². The largest absolute Gasteiger partial charge is 0.371 e. The Balaban J connectivity index is 1.72. The summed E-state index contributed by atoms with van der Waals surface area (Å²) in [5.41, 5.74) is 1.75. The van der Waals surface area contributed by atoms with Gasteiger partial charge < -0.3 is 10.1 Å². The van der Waals surface area contributed by atoms with Gasteiger partial charge in [0.15, 0.2) is 5.96 Å². The van der Waals surface area contributed by atoms with E-state index < -0.39 is 5.54 Å². The first-order valence-corrected chi connectivity index (χ1v) is 9.52. The van der Waals surface area contributed by atoms with E-state index in [-0.39, 0.29) is 18.0 Å². The molecule has 138 valence electrons. The Bertz CT molecular complexity index is 604. The molecule has 0 aromatic rings. The first-order chi connectivity index (χ1) is 11.9. The summed E-state index contributed by atoms with van der Waals surface area (Å²) in [6, 6.07) is 0. The van der Waals surface area contributed by atoms with Gasteiger partial charge in [0.05, 0.1) is 12.7 Å². The third-order valence-corrected chi connectivity index (χ3v) is 5.76. The molecule has 25 heavy (non-hydrogen) atoms.